The van der Waals surface area contributed by atoms with Crippen LogP contribution in [-0.2, 0) is 74.2 Å². The Labute approximate surface area is 553 Å². The fraction of sp³-hybridized carbons (Fsp3) is 0.556. The number of halogens is 1. The van der Waals surface area contributed by atoms with Gasteiger partial charge < -0.3 is 50.2 Å². The Morgan fingerprint density at radius 1 is 0.798 bits per heavy atom. The van der Waals surface area contributed by atoms with E-state index in [1.54, 1.807) is 68.7 Å². The Balaban J connectivity index is 0.933. The van der Waals surface area contributed by atoms with Gasteiger partial charge in [-0.15, -0.1) is 0 Å². The number of likely N-dealkylation sites (N-methyl/N-ethyl adjacent to an activating group) is 1. The zero-order valence-electron chi connectivity index (χ0n) is 57.3. The number of aryl methyl sites for hydroxylation is 1. The normalized spacial score (nSPS) is 22.3. The topological polar surface area (TPSA) is 232 Å². The van der Waals surface area contributed by atoms with Crippen molar-refractivity contribution in [2.75, 3.05) is 76.3 Å². The number of carbonyl (C=O) groups is 8. The van der Waals surface area contributed by atoms with Gasteiger partial charge in [-0.3, -0.25) is 43.5 Å². The number of nitrogens with one attached hydrogen (secondary N) is 4. The maximum Gasteiger partial charge on any atom is 0.410 e. The lowest BCUT2D eigenvalue weighted by Crippen LogP contribution is -2.64. The molecule has 94 heavy (non-hydrogen) atoms. The van der Waals surface area contributed by atoms with Crippen molar-refractivity contribution in [3.05, 3.63) is 130 Å². The van der Waals surface area contributed by atoms with Gasteiger partial charge in [0.05, 0.1) is 37.8 Å². The van der Waals surface area contributed by atoms with Gasteiger partial charge in [-0.05, 0) is 170 Å². The van der Waals surface area contributed by atoms with Crippen molar-refractivity contribution in [2.45, 2.75) is 188 Å². The van der Waals surface area contributed by atoms with Crippen molar-refractivity contribution in [3.63, 3.8) is 0 Å². The molecule has 1 aliphatic carbocycles. The fourth-order valence-electron chi connectivity index (χ4n) is 13.3. The van der Waals surface area contributed by atoms with Crippen LogP contribution in [-0.4, -0.2) is 186 Å². The molecule has 2 fully saturated rings. The number of anilines is 2. The van der Waals surface area contributed by atoms with E-state index in [0.717, 1.165) is 40.7 Å². The molecule has 0 radical (unpaired) electrons. The van der Waals surface area contributed by atoms with Gasteiger partial charge >= 0.3 is 12.2 Å². The fourth-order valence-corrected chi connectivity index (χ4v) is 13.3. The van der Waals surface area contributed by atoms with E-state index < -0.39 is 82.5 Å². The molecule has 22 heteroatoms. The van der Waals surface area contributed by atoms with Crippen LogP contribution in [0.4, 0.5) is 25.4 Å². The molecule has 9 rings (SSSR count). The molecule has 0 bridgehead atoms. The lowest BCUT2D eigenvalue weighted by Gasteiger charge is -2.47. The third-order valence-electron chi connectivity index (χ3n) is 18.8. The first kappa shape index (κ1) is 70.4. The third kappa shape index (κ3) is 16.7. The molecule has 4 aromatic rings. The molecular formula is C72H97FN10O11. The molecule has 0 spiro atoms. The van der Waals surface area contributed by atoms with Crippen molar-refractivity contribution in [1.82, 2.24) is 40.4 Å². The van der Waals surface area contributed by atoms with Crippen LogP contribution in [0.3, 0.4) is 0 Å². The summed E-state index contributed by atoms with van der Waals surface area (Å²) >= 11 is 0. The van der Waals surface area contributed by atoms with Gasteiger partial charge in [-0.1, -0.05) is 75.4 Å². The number of nitrogens with zero attached hydrogens (tertiary/aromatic N) is 6. The van der Waals surface area contributed by atoms with Gasteiger partial charge in [0.2, 0.25) is 35.4 Å². The molecule has 0 saturated carbocycles. The van der Waals surface area contributed by atoms with Crippen molar-refractivity contribution in [1.29, 1.82) is 0 Å². The van der Waals surface area contributed by atoms with Crippen LogP contribution >= 0.6 is 0 Å². The minimum atomic E-state index is -1.33. The maximum atomic E-state index is 15.3. The standard InChI is InChI=1S/C72H97FN10O11/c1-44-37-80(54(39-79-30-31-92-42-45(79)2)40-81(44)68(91)94-71(10,11)12)41-61(85)83-43-72(13,56-29-24-48(33-58(56)83)32-47-22-26-52(73)27-23-47)66(89)74-36-60(84)75-53-28-25-50-35-59(64(87)76-57-21-17-19-49-18-15-16-20-55(49)57)82(38-51(50)34-53)65(88)62(69(4,5)6)77-63(86)46(3)78(14)67(90)93-70(7,8)9/h15-16,18,20,22-29,33-34,44-46,54,57,59,62H,17,19,21,30-32,35-43H2,1-14H3,(H,74,89)(H,75,84)(H,76,87)(H,77,86)/t44-,45?,46?,54+,57-,59?,62?,72?/m1/s1. The second-order valence-electron chi connectivity index (χ2n) is 29.6. The van der Waals surface area contributed by atoms with E-state index in [4.69, 9.17) is 14.2 Å². The largest absolute Gasteiger partial charge is 0.444 e. The number of hydrogen-bond acceptors (Lipinski definition) is 13. The molecule has 4 aromatic carbocycles. The van der Waals surface area contributed by atoms with Crippen LogP contribution in [0.25, 0.3) is 0 Å². The minimum absolute atomic E-state index is 0.0180. The number of rotatable bonds is 16. The average Bonchev–Trinajstić information content (AvgIpc) is 1.56. The van der Waals surface area contributed by atoms with E-state index in [1.807, 2.05) is 90.9 Å². The zero-order chi connectivity index (χ0) is 68.4. The monoisotopic (exact) mass is 1300 g/mol. The highest BCUT2D eigenvalue weighted by molar-refractivity contribution is 6.04. The summed E-state index contributed by atoms with van der Waals surface area (Å²) < 4.78 is 31.2. The van der Waals surface area contributed by atoms with E-state index in [0.29, 0.717) is 74.7 Å². The average molecular weight is 1300 g/mol. The molecule has 5 aliphatic rings. The molecule has 8 atom stereocenters. The molecule has 8 amide bonds. The summed E-state index contributed by atoms with van der Waals surface area (Å²) in [5.41, 5.74) is 3.07. The molecule has 4 heterocycles. The molecule has 2 saturated heterocycles. The molecule has 508 valence electrons. The van der Waals surface area contributed by atoms with Gasteiger partial charge in [0.25, 0.3) is 0 Å². The summed E-state index contributed by atoms with van der Waals surface area (Å²) in [5.74, 6) is -3.11. The van der Waals surface area contributed by atoms with Crippen molar-refractivity contribution >= 4 is 59.0 Å². The van der Waals surface area contributed by atoms with Gasteiger partial charge in [0.15, 0.2) is 0 Å². The lowest BCUT2D eigenvalue weighted by atomic mass is 9.83. The smallest absolute Gasteiger partial charge is 0.410 e. The van der Waals surface area contributed by atoms with Crippen LogP contribution in [0, 0.1) is 11.2 Å². The van der Waals surface area contributed by atoms with Gasteiger partial charge in [0, 0.05) is 82.2 Å². The van der Waals surface area contributed by atoms with Crippen molar-refractivity contribution in [3.8, 4) is 0 Å². The number of morpholine rings is 1. The summed E-state index contributed by atoms with van der Waals surface area (Å²) in [5, 5.41) is 12.0. The zero-order valence-corrected chi connectivity index (χ0v) is 57.3. The van der Waals surface area contributed by atoms with E-state index in [2.05, 4.69) is 44.1 Å². The highest BCUT2D eigenvalue weighted by atomic mass is 19.1. The summed E-state index contributed by atoms with van der Waals surface area (Å²) in [6.07, 6.45) is 1.90. The predicted octanol–water partition coefficient (Wildman–Crippen LogP) is 8.04. The number of ether oxygens (including phenoxy) is 3. The highest BCUT2D eigenvalue weighted by Gasteiger charge is 2.49. The molecule has 4 aliphatic heterocycles. The van der Waals surface area contributed by atoms with Crippen molar-refractivity contribution < 1.29 is 57.0 Å². The Hall–Kier alpha value is -7.95. The van der Waals surface area contributed by atoms with Crippen LogP contribution in [0.15, 0.2) is 84.9 Å². The first-order chi connectivity index (χ1) is 44.2. The maximum absolute atomic E-state index is 15.3. The Bertz CT molecular complexity index is 3490. The Kier molecular flexibility index (Phi) is 21.4. The second kappa shape index (κ2) is 28.6. The van der Waals surface area contributed by atoms with Crippen molar-refractivity contribution in [2.24, 2.45) is 5.41 Å². The molecular weight excluding hydrogens is 1200 g/mol. The number of carbonyl (C=O) groups excluding carboxylic acids is 8. The number of hydrogen-bond donors (Lipinski definition) is 4. The van der Waals surface area contributed by atoms with Gasteiger partial charge in [0.1, 0.15) is 35.1 Å². The molecule has 4 N–H and O–H groups in total. The van der Waals surface area contributed by atoms with Crippen LogP contribution < -0.4 is 26.2 Å². The van der Waals surface area contributed by atoms with E-state index >= 15 is 9.59 Å². The number of amides is 8. The summed E-state index contributed by atoms with van der Waals surface area (Å²) in [6, 6.07) is 21.3. The second-order valence-corrected chi connectivity index (χ2v) is 29.6. The van der Waals surface area contributed by atoms with Gasteiger partial charge in [-0.25, -0.2) is 14.0 Å². The Morgan fingerprint density at radius 2 is 1.50 bits per heavy atom. The minimum Gasteiger partial charge on any atom is -0.444 e. The molecule has 0 aromatic heterocycles. The highest BCUT2D eigenvalue weighted by Crippen LogP contribution is 2.43. The van der Waals surface area contributed by atoms with E-state index in [9.17, 15) is 33.2 Å². The van der Waals surface area contributed by atoms with Gasteiger partial charge in [-0.2, -0.15) is 0 Å². The SMILES string of the molecule is CC1COCCN1C[C@H]1CN(C(=O)OC(C)(C)C)[C@H](C)CN1CC(=O)N1CC(C)(C(=O)NCC(=O)Nc2ccc3c(c2)CN(C(=O)C(NC(=O)C(C)N(C)C(=O)OC(C)(C)C)C(C)(C)C)C(C(=O)N[C@@H]2CCCc4ccccc42)C3)c2ccc(Cc3ccc(F)cc3)cc21. The number of benzene rings is 4. The summed E-state index contributed by atoms with van der Waals surface area (Å²) in [6.45, 7) is 26.0. The number of piperazine rings is 1. The molecule has 21 nitrogen and oxygen atoms in total. The summed E-state index contributed by atoms with van der Waals surface area (Å²) in [7, 11) is 1.45. The quantitative estimate of drug-likeness (QED) is 0.0833. The van der Waals surface area contributed by atoms with Crippen LogP contribution in [0.1, 0.15) is 148 Å². The van der Waals surface area contributed by atoms with E-state index in [1.165, 1.54) is 29.0 Å². The van der Waals surface area contributed by atoms with Crippen LogP contribution in [0.2, 0.25) is 0 Å². The predicted molar refractivity (Wildman–Crippen MR) is 356 cm³/mol. The number of fused-ring (bicyclic) bond motifs is 3. The molecule has 5 unspecified atom stereocenters. The first-order valence-corrected chi connectivity index (χ1v) is 33.0. The Morgan fingerprint density at radius 3 is 2.19 bits per heavy atom. The first-order valence-electron chi connectivity index (χ1n) is 33.0. The van der Waals surface area contributed by atoms with Crippen LogP contribution in [0.5, 0.6) is 0 Å². The van der Waals surface area contributed by atoms with E-state index in [-0.39, 0.29) is 67.9 Å². The summed E-state index contributed by atoms with van der Waals surface area (Å²) in [4.78, 5) is 126. The lowest BCUT2D eigenvalue weighted by molar-refractivity contribution is -0.147. The third-order valence-corrected chi connectivity index (χ3v) is 18.8.